The van der Waals surface area contributed by atoms with Gasteiger partial charge in [0.05, 0.1) is 6.04 Å². The second-order valence-electron chi connectivity index (χ2n) is 4.19. The van der Waals surface area contributed by atoms with E-state index in [4.69, 9.17) is 22.2 Å². The molecule has 0 aliphatic rings. The zero-order chi connectivity index (χ0) is 13.5. The minimum Gasteiger partial charge on any atom is -0.492 e. The van der Waals surface area contributed by atoms with Gasteiger partial charge in [0.1, 0.15) is 12.4 Å². The largest absolute Gasteiger partial charge is 0.492 e. The van der Waals surface area contributed by atoms with Crippen LogP contribution in [0.4, 0.5) is 0 Å². The summed E-state index contributed by atoms with van der Waals surface area (Å²) in [6, 6.07) is 11.2. The molecule has 3 N–H and O–H groups in total. The Balaban J connectivity index is 1.87. The van der Waals surface area contributed by atoms with Gasteiger partial charge in [-0.3, -0.25) is 16.3 Å². The maximum atomic E-state index is 5.82. The van der Waals surface area contributed by atoms with E-state index in [-0.39, 0.29) is 6.04 Å². The van der Waals surface area contributed by atoms with Crippen LogP contribution in [0.2, 0.25) is 5.02 Å². The molecule has 0 spiro atoms. The van der Waals surface area contributed by atoms with Crippen molar-refractivity contribution in [2.45, 2.75) is 12.5 Å². The van der Waals surface area contributed by atoms with E-state index in [9.17, 15) is 0 Å². The summed E-state index contributed by atoms with van der Waals surface area (Å²) >= 11 is 5.82. The molecule has 0 saturated carbocycles. The lowest BCUT2D eigenvalue weighted by molar-refractivity contribution is 0.264. The standard InChI is InChI=1S/C14H16ClN3O/c15-12-1-3-14(4-2-12)19-10-13(18-16)9-11-5-7-17-8-6-11/h1-8,13,18H,9-10,16H2. The van der Waals surface area contributed by atoms with Crippen molar-refractivity contribution in [2.24, 2.45) is 5.84 Å². The van der Waals surface area contributed by atoms with Gasteiger partial charge in [-0.1, -0.05) is 11.6 Å². The fourth-order valence-corrected chi connectivity index (χ4v) is 1.82. The van der Waals surface area contributed by atoms with Gasteiger partial charge in [0.25, 0.3) is 0 Å². The predicted molar refractivity (Wildman–Crippen MR) is 76.0 cm³/mol. The Hall–Kier alpha value is -1.62. The van der Waals surface area contributed by atoms with Crippen molar-refractivity contribution in [1.82, 2.24) is 10.4 Å². The summed E-state index contributed by atoms with van der Waals surface area (Å²) in [5.41, 5.74) is 3.93. The summed E-state index contributed by atoms with van der Waals surface area (Å²) in [7, 11) is 0. The molecule has 1 atom stereocenters. The molecule has 2 rings (SSSR count). The van der Waals surface area contributed by atoms with E-state index in [0.29, 0.717) is 11.6 Å². The maximum absolute atomic E-state index is 5.82. The van der Waals surface area contributed by atoms with Crippen LogP contribution in [0.1, 0.15) is 5.56 Å². The predicted octanol–water partition coefficient (Wildman–Crippen LogP) is 2.19. The van der Waals surface area contributed by atoms with E-state index in [1.165, 1.54) is 0 Å². The Labute approximate surface area is 117 Å². The average Bonchev–Trinajstić information content (AvgIpc) is 2.46. The third-order valence-corrected chi connectivity index (χ3v) is 2.98. The van der Waals surface area contributed by atoms with E-state index in [0.717, 1.165) is 17.7 Å². The summed E-state index contributed by atoms with van der Waals surface area (Å²) in [6.07, 6.45) is 4.32. The topological polar surface area (TPSA) is 60.2 Å². The molecule has 0 amide bonds. The zero-order valence-corrected chi connectivity index (χ0v) is 11.2. The van der Waals surface area contributed by atoms with Gasteiger partial charge in [-0.25, -0.2) is 0 Å². The van der Waals surface area contributed by atoms with Gasteiger partial charge in [0.2, 0.25) is 0 Å². The number of hydrogen-bond donors (Lipinski definition) is 2. The third-order valence-electron chi connectivity index (χ3n) is 2.73. The van der Waals surface area contributed by atoms with Gasteiger partial charge in [0, 0.05) is 17.4 Å². The number of benzene rings is 1. The van der Waals surface area contributed by atoms with Gasteiger partial charge in [-0.05, 0) is 48.4 Å². The lowest BCUT2D eigenvalue weighted by atomic mass is 10.1. The summed E-state index contributed by atoms with van der Waals surface area (Å²) in [5.74, 6) is 6.32. The Kier molecular flexibility index (Phi) is 5.15. The number of rotatable bonds is 6. The van der Waals surface area contributed by atoms with E-state index in [1.54, 1.807) is 24.5 Å². The Bertz CT molecular complexity index is 490. The number of aromatic nitrogens is 1. The number of nitrogens with zero attached hydrogens (tertiary/aromatic N) is 1. The molecule has 0 fully saturated rings. The molecule has 0 aliphatic carbocycles. The molecule has 0 radical (unpaired) electrons. The number of halogens is 1. The molecular formula is C14H16ClN3O. The molecule has 100 valence electrons. The van der Waals surface area contributed by atoms with Crippen LogP contribution in [0.15, 0.2) is 48.8 Å². The second-order valence-corrected chi connectivity index (χ2v) is 4.62. The summed E-state index contributed by atoms with van der Waals surface area (Å²) in [6.45, 7) is 0.487. The van der Waals surface area contributed by atoms with Gasteiger partial charge in [0.15, 0.2) is 0 Å². The lowest BCUT2D eigenvalue weighted by Crippen LogP contribution is -2.41. The fraction of sp³-hybridized carbons (Fsp3) is 0.214. The first-order chi connectivity index (χ1) is 9.28. The van der Waals surface area contributed by atoms with Crippen molar-refractivity contribution >= 4 is 11.6 Å². The smallest absolute Gasteiger partial charge is 0.119 e. The maximum Gasteiger partial charge on any atom is 0.119 e. The van der Waals surface area contributed by atoms with Crippen LogP contribution in [-0.4, -0.2) is 17.6 Å². The van der Waals surface area contributed by atoms with Crippen LogP contribution in [-0.2, 0) is 6.42 Å². The minimum atomic E-state index is 0.0399. The lowest BCUT2D eigenvalue weighted by Gasteiger charge is -2.16. The van der Waals surface area contributed by atoms with Crippen LogP contribution in [0.5, 0.6) is 5.75 Å². The molecular weight excluding hydrogens is 262 g/mol. The molecule has 5 heteroatoms. The molecule has 0 bridgehead atoms. The second kappa shape index (κ2) is 7.09. The summed E-state index contributed by atoms with van der Waals surface area (Å²) < 4.78 is 5.67. The van der Waals surface area contributed by atoms with Gasteiger partial charge < -0.3 is 4.74 Å². The quantitative estimate of drug-likeness (QED) is 0.628. The fourth-order valence-electron chi connectivity index (χ4n) is 1.70. The van der Waals surface area contributed by atoms with Gasteiger partial charge in [-0.2, -0.15) is 0 Å². The van der Waals surface area contributed by atoms with Gasteiger partial charge >= 0.3 is 0 Å². The number of nitrogens with two attached hydrogens (primary N) is 1. The molecule has 2 aromatic rings. The molecule has 1 unspecified atom stereocenters. The normalized spacial score (nSPS) is 12.1. The molecule has 19 heavy (non-hydrogen) atoms. The summed E-state index contributed by atoms with van der Waals surface area (Å²) in [5, 5.41) is 0.692. The molecule has 1 heterocycles. The Morgan fingerprint density at radius 2 is 1.84 bits per heavy atom. The van der Waals surface area contributed by atoms with E-state index >= 15 is 0 Å². The van der Waals surface area contributed by atoms with Crippen molar-refractivity contribution in [2.75, 3.05) is 6.61 Å². The van der Waals surface area contributed by atoms with Crippen LogP contribution >= 0.6 is 11.6 Å². The van der Waals surface area contributed by atoms with Crippen LogP contribution < -0.4 is 16.0 Å². The molecule has 4 nitrogen and oxygen atoms in total. The highest BCUT2D eigenvalue weighted by molar-refractivity contribution is 6.30. The highest BCUT2D eigenvalue weighted by Crippen LogP contribution is 2.15. The Morgan fingerprint density at radius 3 is 2.47 bits per heavy atom. The monoisotopic (exact) mass is 277 g/mol. The van der Waals surface area contributed by atoms with Crippen molar-refractivity contribution in [1.29, 1.82) is 0 Å². The number of hydrogen-bond acceptors (Lipinski definition) is 4. The first-order valence-corrected chi connectivity index (χ1v) is 6.39. The SMILES string of the molecule is NNC(COc1ccc(Cl)cc1)Cc1ccncc1. The highest BCUT2D eigenvalue weighted by Gasteiger charge is 2.08. The number of hydrazine groups is 1. The van der Waals surface area contributed by atoms with Crippen LogP contribution in [0.25, 0.3) is 0 Å². The van der Waals surface area contributed by atoms with E-state index < -0.39 is 0 Å². The van der Waals surface area contributed by atoms with Crippen molar-refractivity contribution < 1.29 is 4.74 Å². The average molecular weight is 278 g/mol. The molecule has 1 aromatic heterocycles. The molecule has 0 saturated heterocycles. The van der Waals surface area contributed by atoms with Crippen molar-refractivity contribution in [3.05, 3.63) is 59.4 Å². The molecule has 0 aliphatic heterocycles. The minimum absolute atomic E-state index is 0.0399. The van der Waals surface area contributed by atoms with Gasteiger partial charge in [-0.15, -0.1) is 0 Å². The third kappa shape index (κ3) is 4.52. The first kappa shape index (κ1) is 13.8. The van der Waals surface area contributed by atoms with Crippen LogP contribution in [0.3, 0.4) is 0 Å². The number of ether oxygens (including phenoxy) is 1. The molecule has 1 aromatic carbocycles. The Morgan fingerprint density at radius 1 is 1.16 bits per heavy atom. The van der Waals surface area contributed by atoms with E-state index in [1.807, 2.05) is 24.3 Å². The highest BCUT2D eigenvalue weighted by atomic mass is 35.5. The van der Waals surface area contributed by atoms with Crippen LogP contribution in [0, 0.1) is 0 Å². The first-order valence-electron chi connectivity index (χ1n) is 6.01. The van der Waals surface area contributed by atoms with Crippen molar-refractivity contribution in [3.8, 4) is 5.75 Å². The zero-order valence-electron chi connectivity index (χ0n) is 10.4. The summed E-state index contributed by atoms with van der Waals surface area (Å²) in [4.78, 5) is 3.98. The van der Waals surface area contributed by atoms with E-state index in [2.05, 4.69) is 10.4 Å². The number of pyridine rings is 1. The number of nitrogens with one attached hydrogen (secondary N) is 1. The van der Waals surface area contributed by atoms with Crippen molar-refractivity contribution in [3.63, 3.8) is 0 Å².